The summed E-state index contributed by atoms with van der Waals surface area (Å²) in [7, 11) is 1.79. The standard InChI is InChI=1S/C21H40O2/c1-6-8-10-20(22)19-16-21(3,4)13-11-18(19)15-17(9-7-2)12-14-23-5/h17-19H,6-16H2,1-5H3. The first-order valence-corrected chi connectivity index (χ1v) is 9.95. The van der Waals surface area contributed by atoms with Crippen LogP contribution in [0, 0.1) is 23.2 Å². The SMILES string of the molecule is CCCCC(=O)C1CC(C)(C)CCC1CC(CCC)CCOC. The van der Waals surface area contributed by atoms with Crippen LogP contribution in [0.3, 0.4) is 0 Å². The third-order valence-corrected chi connectivity index (χ3v) is 5.79. The highest BCUT2D eigenvalue weighted by Gasteiger charge is 2.38. The Morgan fingerprint density at radius 2 is 1.96 bits per heavy atom. The molecular formula is C21H40O2. The lowest BCUT2D eigenvalue weighted by atomic mass is 9.63. The quantitative estimate of drug-likeness (QED) is 0.464. The van der Waals surface area contributed by atoms with Gasteiger partial charge in [-0.25, -0.2) is 0 Å². The third-order valence-electron chi connectivity index (χ3n) is 5.79. The lowest BCUT2D eigenvalue weighted by molar-refractivity contribution is -0.127. The molecule has 2 nitrogen and oxygen atoms in total. The molecule has 3 atom stereocenters. The molecule has 0 aromatic heterocycles. The van der Waals surface area contributed by atoms with E-state index in [1.165, 1.54) is 32.1 Å². The van der Waals surface area contributed by atoms with Gasteiger partial charge in [-0.1, -0.05) is 47.0 Å². The van der Waals surface area contributed by atoms with E-state index in [1.54, 1.807) is 7.11 Å². The minimum Gasteiger partial charge on any atom is -0.385 e. The van der Waals surface area contributed by atoms with Crippen LogP contribution in [0.2, 0.25) is 0 Å². The van der Waals surface area contributed by atoms with Crippen LogP contribution in [0.5, 0.6) is 0 Å². The second-order valence-corrected chi connectivity index (χ2v) is 8.52. The number of ketones is 1. The molecule has 2 heteroatoms. The topological polar surface area (TPSA) is 26.3 Å². The minimum atomic E-state index is 0.312. The summed E-state index contributed by atoms with van der Waals surface area (Å²) in [6.07, 6.45) is 11.5. The number of methoxy groups -OCH3 is 1. The fourth-order valence-corrected chi connectivity index (χ4v) is 4.34. The van der Waals surface area contributed by atoms with Gasteiger partial charge in [-0.05, 0) is 55.8 Å². The number of Topliss-reactive ketones (excluding diaryl/α,β-unsaturated/α-hetero) is 1. The van der Waals surface area contributed by atoms with E-state index in [2.05, 4.69) is 27.7 Å². The van der Waals surface area contributed by atoms with Crippen LogP contribution in [0.4, 0.5) is 0 Å². The predicted molar refractivity (Wildman–Crippen MR) is 98.7 cm³/mol. The molecule has 0 amide bonds. The van der Waals surface area contributed by atoms with Gasteiger partial charge in [0.25, 0.3) is 0 Å². The van der Waals surface area contributed by atoms with Crippen LogP contribution in [-0.2, 0) is 9.53 Å². The molecule has 0 spiro atoms. The molecule has 0 radical (unpaired) electrons. The van der Waals surface area contributed by atoms with Crippen molar-refractivity contribution in [2.75, 3.05) is 13.7 Å². The van der Waals surface area contributed by atoms with Crippen LogP contribution in [0.1, 0.15) is 91.9 Å². The van der Waals surface area contributed by atoms with Crippen LogP contribution in [0.15, 0.2) is 0 Å². The summed E-state index contributed by atoms with van der Waals surface area (Å²) in [4.78, 5) is 12.8. The maximum absolute atomic E-state index is 12.8. The second kappa shape index (κ2) is 10.5. The van der Waals surface area contributed by atoms with Crippen molar-refractivity contribution in [2.45, 2.75) is 91.9 Å². The summed E-state index contributed by atoms with van der Waals surface area (Å²) in [5.74, 6) is 2.20. The van der Waals surface area contributed by atoms with Crippen molar-refractivity contribution >= 4 is 5.78 Å². The lowest BCUT2D eigenvalue weighted by Gasteiger charge is -2.41. The Bertz CT molecular complexity index is 335. The minimum absolute atomic E-state index is 0.312. The maximum atomic E-state index is 12.8. The zero-order valence-corrected chi connectivity index (χ0v) is 16.3. The van der Waals surface area contributed by atoms with Crippen molar-refractivity contribution < 1.29 is 9.53 Å². The largest absolute Gasteiger partial charge is 0.385 e. The fraction of sp³-hybridized carbons (Fsp3) is 0.952. The van der Waals surface area contributed by atoms with Crippen molar-refractivity contribution in [3.63, 3.8) is 0 Å². The Kier molecular flexibility index (Phi) is 9.43. The Morgan fingerprint density at radius 1 is 1.22 bits per heavy atom. The van der Waals surface area contributed by atoms with E-state index >= 15 is 0 Å². The van der Waals surface area contributed by atoms with E-state index in [-0.39, 0.29) is 0 Å². The molecule has 3 unspecified atom stereocenters. The Hall–Kier alpha value is -0.370. The molecule has 1 fully saturated rings. The summed E-state index contributed by atoms with van der Waals surface area (Å²) < 4.78 is 5.30. The second-order valence-electron chi connectivity index (χ2n) is 8.52. The van der Waals surface area contributed by atoms with Gasteiger partial charge in [-0.15, -0.1) is 0 Å². The van der Waals surface area contributed by atoms with Gasteiger partial charge in [0.2, 0.25) is 0 Å². The van der Waals surface area contributed by atoms with Gasteiger partial charge in [0.05, 0.1) is 0 Å². The van der Waals surface area contributed by atoms with Crippen molar-refractivity contribution in [2.24, 2.45) is 23.2 Å². The van der Waals surface area contributed by atoms with Crippen LogP contribution >= 0.6 is 0 Å². The normalized spacial score (nSPS) is 25.3. The number of hydrogen-bond donors (Lipinski definition) is 0. The summed E-state index contributed by atoms with van der Waals surface area (Å²) >= 11 is 0. The van der Waals surface area contributed by atoms with E-state index in [0.29, 0.717) is 23.0 Å². The molecule has 0 bridgehead atoms. The van der Waals surface area contributed by atoms with Crippen molar-refractivity contribution in [3.05, 3.63) is 0 Å². The summed E-state index contributed by atoms with van der Waals surface area (Å²) in [5.41, 5.74) is 0.343. The van der Waals surface area contributed by atoms with Gasteiger partial charge in [-0.3, -0.25) is 4.79 Å². The highest BCUT2D eigenvalue weighted by Crippen LogP contribution is 2.45. The smallest absolute Gasteiger partial charge is 0.136 e. The van der Waals surface area contributed by atoms with Crippen molar-refractivity contribution in [1.82, 2.24) is 0 Å². The number of hydrogen-bond acceptors (Lipinski definition) is 2. The van der Waals surface area contributed by atoms with E-state index in [9.17, 15) is 4.79 Å². The predicted octanol–water partition coefficient (Wildman–Crippen LogP) is 6.03. The molecule has 0 aromatic rings. The zero-order valence-electron chi connectivity index (χ0n) is 16.3. The molecule has 0 aromatic carbocycles. The molecule has 0 N–H and O–H groups in total. The molecule has 0 saturated heterocycles. The number of carbonyl (C=O) groups excluding carboxylic acids is 1. The van der Waals surface area contributed by atoms with E-state index < -0.39 is 0 Å². The van der Waals surface area contributed by atoms with Gasteiger partial charge in [-0.2, -0.15) is 0 Å². The highest BCUT2D eigenvalue weighted by atomic mass is 16.5. The monoisotopic (exact) mass is 324 g/mol. The lowest BCUT2D eigenvalue weighted by Crippen LogP contribution is -2.36. The van der Waals surface area contributed by atoms with Crippen molar-refractivity contribution in [3.8, 4) is 0 Å². The van der Waals surface area contributed by atoms with Crippen molar-refractivity contribution in [1.29, 1.82) is 0 Å². The first-order chi connectivity index (χ1) is 10.9. The van der Waals surface area contributed by atoms with Gasteiger partial charge in [0, 0.05) is 26.1 Å². The van der Waals surface area contributed by atoms with Crippen LogP contribution < -0.4 is 0 Å². The highest BCUT2D eigenvalue weighted by molar-refractivity contribution is 5.81. The molecule has 23 heavy (non-hydrogen) atoms. The number of ether oxygens (including phenoxy) is 1. The molecule has 0 aliphatic heterocycles. The maximum Gasteiger partial charge on any atom is 0.136 e. The molecule has 0 heterocycles. The van der Waals surface area contributed by atoms with E-state index in [1.807, 2.05) is 0 Å². The summed E-state index contributed by atoms with van der Waals surface area (Å²) in [6.45, 7) is 10.00. The van der Waals surface area contributed by atoms with Gasteiger partial charge >= 0.3 is 0 Å². The zero-order chi connectivity index (χ0) is 17.3. The Labute approximate surface area is 144 Å². The number of rotatable bonds is 11. The Morgan fingerprint density at radius 3 is 2.57 bits per heavy atom. The first-order valence-electron chi connectivity index (χ1n) is 9.95. The average Bonchev–Trinajstić information content (AvgIpc) is 2.51. The summed E-state index contributed by atoms with van der Waals surface area (Å²) in [5, 5.41) is 0. The van der Waals surface area contributed by atoms with Crippen LogP contribution in [-0.4, -0.2) is 19.5 Å². The number of carbonyl (C=O) groups is 1. The average molecular weight is 325 g/mol. The van der Waals surface area contributed by atoms with Gasteiger partial charge < -0.3 is 4.74 Å². The number of unbranched alkanes of at least 4 members (excludes halogenated alkanes) is 1. The van der Waals surface area contributed by atoms with E-state index in [4.69, 9.17) is 4.74 Å². The molecular weight excluding hydrogens is 284 g/mol. The molecule has 1 saturated carbocycles. The molecule has 136 valence electrons. The third kappa shape index (κ3) is 7.37. The van der Waals surface area contributed by atoms with Gasteiger partial charge in [0.1, 0.15) is 5.78 Å². The molecule has 1 rings (SSSR count). The fourth-order valence-electron chi connectivity index (χ4n) is 4.34. The first kappa shape index (κ1) is 20.7. The molecule has 1 aliphatic carbocycles. The van der Waals surface area contributed by atoms with Gasteiger partial charge in [0.15, 0.2) is 0 Å². The molecule has 1 aliphatic rings. The van der Waals surface area contributed by atoms with Crippen LogP contribution in [0.25, 0.3) is 0 Å². The Balaban J connectivity index is 2.71. The summed E-state index contributed by atoms with van der Waals surface area (Å²) in [6, 6.07) is 0. The van der Waals surface area contributed by atoms with E-state index in [0.717, 1.165) is 44.6 Å².